The molecule has 0 radical (unpaired) electrons. The zero-order chi connectivity index (χ0) is 20.9. The maximum atomic E-state index is 12.7. The number of fused-ring (bicyclic) bond motifs is 1. The molecule has 1 aliphatic heterocycles. The Balaban J connectivity index is 1.76. The van der Waals surface area contributed by atoms with Crippen molar-refractivity contribution in [3.63, 3.8) is 0 Å². The zero-order valence-electron chi connectivity index (χ0n) is 16.5. The van der Waals surface area contributed by atoms with Gasteiger partial charge in [0.2, 0.25) is 0 Å². The second-order valence-electron chi connectivity index (χ2n) is 6.91. The Labute approximate surface area is 176 Å². The molecular weight excluding hydrogens is 408 g/mol. The molecule has 0 bridgehead atoms. The number of benzene rings is 1. The Morgan fingerprint density at radius 2 is 2.10 bits per heavy atom. The number of hydrogen-bond donors (Lipinski definition) is 1. The number of esters is 1. The molecule has 0 saturated heterocycles. The van der Waals surface area contributed by atoms with Gasteiger partial charge in [-0.3, -0.25) is 4.90 Å². The monoisotopic (exact) mass is 434 g/mol. The topological polar surface area (TPSA) is 75.7 Å². The molecule has 2 aromatic rings. The van der Waals surface area contributed by atoms with Crippen LogP contribution < -0.4 is 4.72 Å². The van der Waals surface area contributed by atoms with Gasteiger partial charge in [0, 0.05) is 24.5 Å². The average molecular weight is 435 g/mol. The Morgan fingerprint density at radius 3 is 2.79 bits per heavy atom. The Kier molecular flexibility index (Phi) is 7.23. The van der Waals surface area contributed by atoms with Crippen molar-refractivity contribution in [3.8, 4) is 0 Å². The van der Waals surface area contributed by atoms with Crippen molar-refractivity contribution in [2.24, 2.45) is 0 Å². The van der Waals surface area contributed by atoms with E-state index in [2.05, 4.69) is 28.3 Å². The number of methoxy groups -OCH3 is 1. The smallest absolute Gasteiger partial charge is 0.340 e. The second kappa shape index (κ2) is 9.67. The molecule has 3 rings (SSSR count). The lowest BCUT2D eigenvalue weighted by atomic mass is 10.0. The molecular formula is C21H26N2O4S2. The molecule has 1 aromatic heterocycles. The van der Waals surface area contributed by atoms with Crippen LogP contribution in [0.25, 0.3) is 0 Å². The van der Waals surface area contributed by atoms with Gasteiger partial charge in [-0.05, 0) is 36.9 Å². The lowest BCUT2D eigenvalue weighted by Gasteiger charge is -2.27. The van der Waals surface area contributed by atoms with Crippen molar-refractivity contribution in [2.75, 3.05) is 26.7 Å². The molecule has 0 spiro atoms. The number of nitrogens with one attached hydrogen (secondary N) is 1. The minimum absolute atomic E-state index is 0.0438. The summed E-state index contributed by atoms with van der Waals surface area (Å²) < 4.78 is 32.8. The summed E-state index contributed by atoms with van der Waals surface area (Å²) in [6.07, 6.45) is 4.14. The predicted molar refractivity (Wildman–Crippen MR) is 115 cm³/mol. The summed E-state index contributed by atoms with van der Waals surface area (Å²) >= 11 is 1.17. The van der Waals surface area contributed by atoms with E-state index >= 15 is 0 Å². The summed E-state index contributed by atoms with van der Waals surface area (Å²) in [5.74, 6) is -0.598. The first kappa shape index (κ1) is 21.7. The van der Waals surface area contributed by atoms with Crippen LogP contribution in [0.1, 0.15) is 32.8 Å². The van der Waals surface area contributed by atoms with Gasteiger partial charge in [-0.2, -0.15) is 0 Å². The first-order valence-corrected chi connectivity index (χ1v) is 11.9. The number of aryl methyl sites for hydroxylation is 1. The highest BCUT2D eigenvalue weighted by atomic mass is 32.2. The van der Waals surface area contributed by atoms with Crippen molar-refractivity contribution in [1.82, 2.24) is 9.62 Å². The number of nitrogens with zero attached hydrogens (tertiary/aromatic N) is 1. The fourth-order valence-electron chi connectivity index (χ4n) is 3.51. The van der Waals surface area contributed by atoms with E-state index in [1.807, 2.05) is 18.2 Å². The van der Waals surface area contributed by atoms with Gasteiger partial charge in [-0.15, -0.1) is 17.9 Å². The maximum absolute atomic E-state index is 12.7. The van der Waals surface area contributed by atoms with E-state index < -0.39 is 16.0 Å². The van der Waals surface area contributed by atoms with Crippen LogP contribution in [0, 0.1) is 0 Å². The molecule has 6 nitrogen and oxygen atoms in total. The molecule has 8 heteroatoms. The lowest BCUT2D eigenvalue weighted by Crippen LogP contribution is -2.31. The van der Waals surface area contributed by atoms with Gasteiger partial charge < -0.3 is 4.74 Å². The molecule has 2 heterocycles. The molecule has 1 aliphatic rings. The highest BCUT2D eigenvalue weighted by molar-refractivity contribution is 7.91. The molecule has 0 amide bonds. The molecule has 0 atom stereocenters. The van der Waals surface area contributed by atoms with E-state index in [0.717, 1.165) is 36.4 Å². The Morgan fingerprint density at radius 1 is 1.34 bits per heavy atom. The molecule has 156 valence electrons. The molecule has 1 N–H and O–H groups in total. The van der Waals surface area contributed by atoms with Gasteiger partial charge >= 0.3 is 5.97 Å². The summed E-state index contributed by atoms with van der Waals surface area (Å²) in [5, 5.41) is 0. The van der Waals surface area contributed by atoms with Gasteiger partial charge in [-0.1, -0.05) is 36.4 Å². The number of rotatable bonds is 9. The van der Waals surface area contributed by atoms with Crippen LogP contribution in [-0.2, 0) is 34.1 Å². The van der Waals surface area contributed by atoms with E-state index in [1.165, 1.54) is 30.1 Å². The zero-order valence-corrected chi connectivity index (χ0v) is 18.2. The van der Waals surface area contributed by atoms with Gasteiger partial charge in [0.1, 0.15) is 4.21 Å². The quantitative estimate of drug-likeness (QED) is 0.485. The van der Waals surface area contributed by atoms with Gasteiger partial charge in [0.25, 0.3) is 10.0 Å². The van der Waals surface area contributed by atoms with E-state index in [0.29, 0.717) is 13.0 Å². The van der Waals surface area contributed by atoms with E-state index in [-0.39, 0.29) is 16.3 Å². The number of carbonyl (C=O) groups is 1. The van der Waals surface area contributed by atoms with Gasteiger partial charge in [0.05, 0.1) is 12.7 Å². The van der Waals surface area contributed by atoms with Crippen molar-refractivity contribution in [2.45, 2.75) is 30.0 Å². The summed E-state index contributed by atoms with van der Waals surface area (Å²) in [5.41, 5.74) is 2.31. The minimum Gasteiger partial charge on any atom is -0.465 e. The fraction of sp³-hybridized carbons (Fsp3) is 0.381. The third-order valence-electron chi connectivity index (χ3n) is 4.94. The van der Waals surface area contributed by atoms with Gasteiger partial charge in [-0.25, -0.2) is 17.9 Å². The Bertz CT molecular complexity index is 968. The molecule has 0 aliphatic carbocycles. The standard InChI is InChI=1S/C21H26N2O4S2/c1-3-12-22-29(25,26)21-19(20(24)27-2)17-11-14-23(15-18(17)28-21)13-7-10-16-8-5-4-6-9-16/h3-6,8-9,22H,1,7,10-15H2,2H3. The highest BCUT2D eigenvalue weighted by Gasteiger charge is 2.33. The molecule has 29 heavy (non-hydrogen) atoms. The summed E-state index contributed by atoms with van der Waals surface area (Å²) in [4.78, 5) is 15.6. The SMILES string of the molecule is C=CCNS(=O)(=O)c1sc2c(c1C(=O)OC)CCN(CCCc1ccccc1)C2. The van der Waals surface area contributed by atoms with Crippen LogP contribution in [0.3, 0.4) is 0 Å². The van der Waals surface area contributed by atoms with Crippen LogP contribution in [-0.4, -0.2) is 46.0 Å². The highest BCUT2D eigenvalue weighted by Crippen LogP contribution is 2.36. The second-order valence-corrected chi connectivity index (χ2v) is 9.98. The summed E-state index contributed by atoms with van der Waals surface area (Å²) in [6.45, 7) is 6.01. The number of thiophene rings is 1. The molecule has 0 unspecified atom stereocenters. The lowest BCUT2D eigenvalue weighted by molar-refractivity contribution is 0.0595. The largest absolute Gasteiger partial charge is 0.465 e. The summed E-state index contributed by atoms with van der Waals surface area (Å²) in [7, 11) is -2.52. The number of hydrogen-bond acceptors (Lipinski definition) is 6. The van der Waals surface area contributed by atoms with Crippen molar-refractivity contribution in [1.29, 1.82) is 0 Å². The van der Waals surface area contributed by atoms with Crippen LogP contribution in [0.15, 0.2) is 47.2 Å². The average Bonchev–Trinajstić information content (AvgIpc) is 3.12. The number of carbonyl (C=O) groups excluding carboxylic acids is 1. The third-order valence-corrected chi connectivity index (χ3v) is 8.10. The third kappa shape index (κ3) is 5.14. The van der Waals surface area contributed by atoms with Crippen molar-refractivity contribution < 1.29 is 17.9 Å². The Hall–Kier alpha value is -2.00. The van der Waals surface area contributed by atoms with E-state index in [1.54, 1.807) is 0 Å². The predicted octanol–water partition coefficient (Wildman–Crippen LogP) is 2.99. The first-order valence-electron chi connectivity index (χ1n) is 9.56. The summed E-state index contributed by atoms with van der Waals surface area (Å²) in [6, 6.07) is 10.4. The van der Waals surface area contributed by atoms with Crippen LogP contribution in [0.2, 0.25) is 0 Å². The van der Waals surface area contributed by atoms with E-state index in [4.69, 9.17) is 4.74 Å². The van der Waals surface area contributed by atoms with Gasteiger partial charge in [0.15, 0.2) is 0 Å². The van der Waals surface area contributed by atoms with Crippen LogP contribution in [0.5, 0.6) is 0 Å². The van der Waals surface area contributed by atoms with Crippen molar-refractivity contribution in [3.05, 3.63) is 64.6 Å². The fourth-order valence-corrected chi connectivity index (χ4v) is 6.47. The van der Waals surface area contributed by atoms with E-state index in [9.17, 15) is 13.2 Å². The molecule has 1 aromatic carbocycles. The number of sulfonamides is 1. The van der Waals surface area contributed by atoms with Crippen LogP contribution in [0.4, 0.5) is 0 Å². The maximum Gasteiger partial charge on any atom is 0.340 e. The van der Waals surface area contributed by atoms with Crippen molar-refractivity contribution >= 4 is 27.3 Å². The molecule has 0 fully saturated rings. The number of ether oxygens (including phenoxy) is 1. The van der Waals surface area contributed by atoms with Crippen LogP contribution >= 0.6 is 11.3 Å². The minimum atomic E-state index is -3.79. The first-order chi connectivity index (χ1) is 14.0. The molecule has 0 saturated carbocycles. The normalized spacial score (nSPS) is 14.4.